The second-order valence-electron chi connectivity index (χ2n) is 7.32. The highest BCUT2D eigenvalue weighted by Gasteiger charge is 2.13. The Balaban J connectivity index is 1.24. The number of rotatable bonds is 8. The highest BCUT2D eigenvalue weighted by Crippen LogP contribution is 2.27. The predicted molar refractivity (Wildman–Crippen MR) is 114 cm³/mol. The van der Waals surface area contributed by atoms with Gasteiger partial charge in [0.25, 0.3) is 5.91 Å². The molecule has 3 heterocycles. The minimum atomic E-state index is -0.436. The number of hydrogen-bond acceptors (Lipinski definition) is 4. The van der Waals surface area contributed by atoms with Gasteiger partial charge >= 0.3 is 0 Å². The van der Waals surface area contributed by atoms with Crippen molar-refractivity contribution in [3.63, 3.8) is 0 Å². The van der Waals surface area contributed by atoms with Crippen LogP contribution >= 0.6 is 0 Å². The molecule has 0 unspecified atom stereocenters. The molecule has 6 heteroatoms. The largest absolute Gasteiger partial charge is 0.345 e. The summed E-state index contributed by atoms with van der Waals surface area (Å²) < 4.78 is 13.6. The SMILES string of the molecule is O=C(NCc1ncccc1F)c1cccc(CCCCC2=Nc3ccccc3C2)n1. The summed E-state index contributed by atoms with van der Waals surface area (Å²) in [5, 5.41) is 2.68. The maximum absolute atomic E-state index is 13.6. The van der Waals surface area contributed by atoms with Crippen molar-refractivity contribution in [1.29, 1.82) is 0 Å². The standard InChI is InChI=1S/C24H23FN4O/c25-20-11-6-14-26-23(20)16-27-24(30)22-13-5-10-18(28-22)8-2-3-9-19-15-17-7-1-4-12-21(17)29-19/h1,4-7,10-14H,2-3,8-9,15-16H2,(H,27,30). The molecule has 30 heavy (non-hydrogen) atoms. The lowest BCUT2D eigenvalue weighted by molar-refractivity contribution is 0.0945. The van der Waals surface area contributed by atoms with Crippen molar-refractivity contribution in [3.05, 3.63) is 89.3 Å². The van der Waals surface area contributed by atoms with Crippen LogP contribution in [0.2, 0.25) is 0 Å². The van der Waals surface area contributed by atoms with Gasteiger partial charge < -0.3 is 5.32 Å². The summed E-state index contributed by atoms with van der Waals surface area (Å²) in [5.41, 5.74) is 5.05. The van der Waals surface area contributed by atoms with E-state index in [0.29, 0.717) is 5.69 Å². The second kappa shape index (κ2) is 9.39. The molecule has 0 spiro atoms. The van der Waals surface area contributed by atoms with Crippen molar-refractivity contribution in [2.45, 2.75) is 38.6 Å². The number of para-hydroxylation sites is 1. The molecule has 1 aliphatic rings. The molecule has 1 N–H and O–H groups in total. The number of pyridine rings is 2. The van der Waals surface area contributed by atoms with Crippen LogP contribution in [0, 0.1) is 5.82 Å². The molecule has 0 atom stereocenters. The van der Waals surface area contributed by atoms with E-state index in [2.05, 4.69) is 33.5 Å². The van der Waals surface area contributed by atoms with Gasteiger partial charge in [-0.25, -0.2) is 9.37 Å². The summed E-state index contributed by atoms with van der Waals surface area (Å²) in [7, 11) is 0. The quantitative estimate of drug-likeness (QED) is 0.561. The molecule has 152 valence electrons. The van der Waals surface area contributed by atoms with E-state index in [-0.39, 0.29) is 18.1 Å². The van der Waals surface area contributed by atoms with E-state index in [0.717, 1.165) is 43.5 Å². The van der Waals surface area contributed by atoms with Crippen LogP contribution in [-0.2, 0) is 19.4 Å². The summed E-state index contributed by atoms with van der Waals surface area (Å²) in [6.45, 7) is 0.0297. The van der Waals surface area contributed by atoms with Gasteiger partial charge in [-0.05, 0) is 61.6 Å². The molecule has 0 radical (unpaired) electrons. The first kappa shape index (κ1) is 19.9. The fraction of sp³-hybridized carbons (Fsp3) is 0.250. The van der Waals surface area contributed by atoms with E-state index in [1.54, 1.807) is 6.07 Å². The van der Waals surface area contributed by atoms with Gasteiger partial charge in [0.15, 0.2) is 0 Å². The number of nitrogens with one attached hydrogen (secondary N) is 1. The summed E-state index contributed by atoms with van der Waals surface area (Å²) in [6, 6.07) is 16.5. The Hall–Kier alpha value is -3.41. The summed E-state index contributed by atoms with van der Waals surface area (Å²) in [5.74, 6) is -0.769. The zero-order chi connectivity index (χ0) is 20.8. The van der Waals surface area contributed by atoms with E-state index in [9.17, 15) is 9.18 Å². The van der Waals surface area contributed by atoms with Crippen molar-refractivity contribution < 1.29 is 9.18 Å². The lowest BCUT2D eigenvalue weighted by atomic mass is 10.0. The number of unbranched alkanes of at least 4 members (excludes halogenated alkanes) is 1. The van der Waals surface area contributed by atoms with Crippen molar-refractivity contribution in [1.82, 2.24) is 15.3 Å². The van der Waals surface area contributed by atoms with Crippen LogP contribution in [0.5, 0.6) is 0 Å². The molecule has 1 aromatic carbocycles. The lowest BCUT2D eigenvalue weighted by Gasteiger charge is -2.07. The van der Waals surface area contributed by atoms with Crippen LogP contribution in [0.1, 0.15) is 46.7 Å². The molecule has 5 nitrogen and oxygen atoms in total. The minimum absolute atomic E-state index is 0.0297. The van der Waals surface area contributed by atoms with Gasteiger partial charge in [0, 0.05) is 24.0 Å². The molecule has 0 saturated carbocycles. The van der Waals surface area contributed by atoms with Crippen molar-refractivity contribution in [2.75, 3.05) is 0 Å². The number of aromatic nitrogens is 2. The molecule has 3 aromatic rings. The van der Waals surface area contributed by atoms with Gasteiger partial charge in [-0.3, -0.25) is 14.8 Å². The third-order valence-electron chi connectivity index (χ3n) is 5.10. The smallest absolute Gasteiger partial charge is 0.270 e. The molecule has 2 aromatic heterocycles. The third kappa shape index (κ3) is 4.95. The van der Waals surface area contributed by atoms with Crippen LogP contribution < -0.4 is 5.32 Å². The summed E-state index contributed by atoms with van der Waals surface area (Å²) >= 11 is 0. The summed E-state index contributed by atoms with van der Waals surface area (Å²) in [6.07, 6.45) is 6.23. The average Bonchev–Trinajstić information content (AvgIpc) is 3.19. The summed E-state index contributed by atoms with van der Waals surface area (Å²) in [4.78, 5) is 25.4. The highest BCUT2D eigenvalue weighted by molar-refractivity contribution is 5.94. The van der Waals surface area contributed by atoms with Gasteiger partial charge in [0.05, 0.1) is 17.9 Å². The van der Waals surface area contributed by atoms with Crippen molar-refractivity contribution in [2.24, 2.45) is 4.99 Å². The monoisotopic (exact) mass is 402 g/mol. The van der Waals surface area contributed by atoms with Crippen LogP contribution in [0.15, 0.2) is 65.8 Å². The van der Waals surface area contributed by atoms with Gasteiger partial charge in [0.1, 0.15) is 11.5 Å². The van der Waals surface area contributed by atoms with Crippen molar-refractivity contribution in [3.8, 4) is 0 Å². The zero-order valence-corrected chi connectivity index (χ0v) is 16.6. The first-order chi connectivity index (χ1) is 14.7. The highest BCUT2D eigenvalue weighted by atomic mass is 19.1. The Labute approximate surface area is 175 Å². The number of nitrogens with zero attached hydrogens (tertiary/aromatic N) is 3. The van der Waals surface area contributed by atoms with Crippen LogP contribution in [0.25, 0.3) is 0 Å². The molecule has 1 aliphatic heterocycles. The first-order valence-corrected chi connectivity index (χ1v) is 10.2. The Morgan fingerprint density at radius 2 is 1.87 bits per heavy atom. The lowest BCUT2D eigenvalue weighted by Crippen LogP contribution is -2.25. The number of carbonyl (C=O) groups excluding carboxylic acids is 1. The number of halogens is 1. The van der Waals surface area contributed by atoms with Gasteiger partial charge in [-0.15, -0.1) is 0 Å². The molecule has 0 aliphatic carbocycles. The normalized spacial score (nSPS) is 12.4. The number of aliphatic imine (C=N–C) groups is 1. The van der Waals surface area contributed by atoms with Crippen molar-refractivity contribution >= 4 is 17.3 Å². The number of amides is 1. The van der Waals surface area contributed by atoms with E-state index >= 15 is 0 Å². The number of aryl methyl sites for hydroxylation is 1. The average molecular weight is 402 g/mol. The molecular formula is C24H23FN4O. The third-order valence-corrected chi connectivity index (χ3v) is 5.10. The second-order valence-corrected chi connectivity index (χ2v) is 7.32. The molecule has 1 amide bonds. The number of benzene rings is 1. The van der Waals surface area contributed by atoms with E-state index < -0.39 is 5.82 Å². The fourth-order valence-corrected chi connectivity index (χ4v) is 3.53. The Bertz CT molecular complexity index is 1080. The van der Waals surface area contributed by atoms with E-state index in [1.807, 2.05) is 18.2 Å². The maximum Gasteiger partial charge on any atom is 0.270 e. The predicted octanol–water partition coefficient (Wildman–Crippen LogP) is 4.59. The maximum atomic E-state index is 13.6. The minimum Gasteiger partial charge on any atom is -0.345 e. The molecule has 4 rings (SSSR count). The molecule has 0 saturated heterocycles. The molecular weight excluding hydrogens is 379 g/mol. The van der Waals surface area contributed by atoms with Crippen LogP contribution in [-0.4, -0.2) is 21.6 Å². The molecule has 0 fully saturated rings. The fourth-order valence-electron chi connectivity index (χ4n) is 3.53. The number of fused-ring (bicyclic) bond motifs is 1. The van der Waals surface area contributed by atoms with Crippen LogP contribution in [0.4, 0.5) is 10.1 Å². The Morgan fingerprint density at radius 1 is 1.00 bits per heavy atom. The van der Waals surface area contributed by atoms with Gasteiger partial charge in [-0.2, -0.15) is 0 Å². The zero-order valence-electron chi connectivity index (χ0n) is 16.6. The van der Waals surface area contributed by atoms with E-state index in [4.69, 9.17) is 4.99 Å². The Morgan fingerprint density at radius 3 is 2.73 bits per heavy atom. The number of carbonyl (C=O) groups is 1. The van der Waals surface area contributed by atoms with Gasteiger partial charge in [-0.1, -0.05) is 24.3 Å². The Kier molecular flexibility index (Phi) is 6.23. The van der Waals surface area contributed by atoms with E-state index in [1.165, 1.54) is 29.6 Å². The number of hydrogen-bond donors (Lipinski definition) is 1. The first-order valence-electron chi connectivity index (χ1n) is 10.2. The molecule has 0 bridgehead atoms. The van der Waals surface area contributed by atoms with Crippen LogP contribution in [0.3, 0.4) is 0 Å². The van der Waals surface area contributed by atoms with Gasteiger partial charge in [0.2, 0.25) is 0 Å². The topological polar surface area (TPSA) is 67.2 Å².